The lowest BCUT2D eigenvalue weighted by atomic mass is 9.96. The van der Waals surface area contributed by atoms with Crippen molar-refractivity contribution in [1.29, 1.82) is 0 Å². The standard InChI is InChI=1S/C20H21NO6/c1-25-17-10-15(20(23)24)9-16(18(17)26-2)21-19(22)13-5-3-4-12(8-13)14-6-7-27-11-14/h3-5,8-10,14H,6-7,11H2,1-2H3,(H,21,22)(H,23,24). The van der Waals surface area contributed by atoms with Crippen LogP contribution >= 0.6 is 0 Å². The molecule has 2 aromatic carbocycles. The molecule has 1 atom stereocenters. The van der Waals surface area contributed by atoms with Crippen LogP contribution in [-0.2, 0) is 4.74 Å². The number of carbonyl (C=O) groups is 2. The largest absolute Gasteiger partial charge is 0.493 e. The van der Waals surface area contributed by atoms with Gasteiger partial charge in [-0.25, -0.2) is 4.79 Å². The summed E-state index contributed by atoms with van der Waals surface area (Å²) in [6.45, 7) is 1.37. The van der Waals surface area contributed by atoms with E-state index in [1.807, 2.05) is 18.2 Å². The number of rotatable bonds is 6. The highest BCUT2D eigenvalue weighted by molar-refractivity contribution is 6.06. The Morgan fingerprint density at radius 1 is 1.15 bits per heavy atom. The molecule has 142 valence electrons. The van der Waals surface area contributed by atoms with Gasteiger partial charge in [0.1, 0.15) is 0 Å². The molecule has 27 heavy (non-hydrogen) atoms. The zero-order valence-corrected chi connectivity index (χ0v) is 15.2. The zero-order chi connectivity index (χ0) is 19.4. The number of benzene rings is 2. The van der Waals surface area contributed by atoms with Crippen molar-refractivity contribution in [2.24, 2.45) is 0 Å². The third kappa shape index (κ3) is 4.03. The molecule has 1 aliphatic rings. The number of aromatic carboxylic acids is 1. The highest BCUT2D eigenvalue weighted by Gasteiger charge is 2.21. The molecule has 2 aromatic rings. The van der Waals surface area contributed by atoms with E-state index in [-0.39, 0.29) is 34.6 Å². The molecule has 1 heterocycles. The summed E-state index contributed by atoms with van der Waals surface area (Å²) in [5.74, 6) is -0.725. The number of carbonyl (C=O) groups excluding carboxylic acids is 1. The minimum atomic E-state index is -1.13. The van der Waals surface area contributed by atoms with Gasteiger partial charge in [0.2, 0.25) is 0 Å². The second kappa shape index (κ2) is 8.09. The van der Waals surface area contributed by atoms with Gasteiger partial charge in [0.05, 0.1) is 32.1 Å². The van der Waals surface area contributed by atoms with E-state index in [2.05, 4.69) is 5.32 Å². The monoisotopic (exact) mass is 371 g/mol. The van der Waals surface area contributed by atoms with Crippen molar-refractivity contribution in [3.05, 3.63) is 53.1 Å². The van der Waals surface area contributed by atoms with Crippen molar-refractivity contribution in [2.75, 3.05) is 32.8 Å². The number of methoxy groups -OCH3 is 2. The Morgan fingerprint density at radius 3 is 2.59 bits per heavy atom. The number of hydrogen-bond acceptors (Lipinski definition) is 5. The Labute approximate surface area is 156 Å². The van der Waals surface area contributed by atoms with Gasteiger partial charge >= 0.3 is 5.97 Å². The van der Waals surface area contributed by atoms with Crippen molar-refractivity contribution < 1.29 is 28.9 Å². The molecule has 1 fully saturated rings. The van der Waals surface area contributed by atoms with Crippen molar-refractivity contribution in [3.63, 3.8) is 0 Å². The fraction of sp³-hybridized carbons (Fsp3) is 0.300. The lowest BCUT2D eigenvalue weighted by Gasteiger charge is -2.15. The van der Waals surface area contributed by atoms with Gasteiger partial charge < -0.3 is 24.6 Å². The molecular weight excluding hydrogens is 350 g/mol. The Kier molecular flexibility index (Phi) is 5.61. The number of carboxylic acid groups (broad SMARTS) is 1. The third-order valence-electron chi connectivity index (χ3n) is 4.52. The molecule has 7 heteroatoms. The van der Waals surface area contributed by atoms with Crippen LogP contribution in [0.25, 0.3) is 0 Å². The first-order valence-electron chi connectivity index (χ1n) is 8.52. The number of ether oxygens (including phenoxy) is 3. The van der Waals surface area contributed by atoms with Crippen molar-refractivity contribution in [3.8, 4) is 11.5 Å². The molecule has 0 spiro atoms. The summed E-state index contributed by atoms with van der Waals surface area (Å²) in [4.78, 5) is 24.1. The normalized spacial score (nSPS) is 16.0. The lowest BCUT2D eigenvalue weighted by Crippen LogP contribution is -2.14. The van der Waals surface area contributed by atoms with Crippen molar-refractivity contribution in [1.82, 2.24) is 0 Å². The van der Waals surface area contributed by atoms with E-state index in [4.69, 9.17) is 14.2 Å². The Morgan fingerprint density at radius 2 is 1.96 bits per heavy atom. The quantitative estimate of drug-likeness (QED) is 0.810. The van der Waals surface area contributed by atoms with E-state index in [0.29, 0.717) is 12.2 Å². The molecule has 1 unspecified atom stereocenters. The van der Waals surface area contributed by atoms with E-state index >= 15 is 0 Å². The van der Waals surface area contributed by atoms with Gasteiger partial charge in [-0.15, -0.1) is 0 Å². The van der Waals surface area contributed by atoms with Crippen LogP contribution in [-0.4, -0.2) is 44.4 Å². The Bertz CT molecular complexity index is 858. The van der Waals surface area contributed by atoms with Gasteiger partial charge in [-0.3, -0.25) is 4.79 Å². The summed E-state index contributed by atoms with van der Waals surface area (Å²) in [5.41, 5.74) is 1.73. The zero-order valence-electron chi connectivity index (χ0n) is 15.2. The first-order chi connectivity index (χ1) is 13.0. The molecule has 1 aliphatic heterocycles. The molecule has 0 saturated carbocycles. The van der Waals surface area contributed by atoms with Crippen molar-refractivity contribution >= 4 is 17.6 Å². The molecule has 0 aliphatic carbocycles. The highest BCUT2D eigenvalue weighted by Crippen LogP contribution is 2.37. The predicted molar refractivity (Wildman–Crippen MR) is 99.1 cm³/mol. The second-order valence-electron chi connectivity index (χ2n) is 6.20. The number of amides is 1. The summed E-state index contributed by atoms with van der Waals surface area (Å²) in [5, 5.41) is 12.0. The fourth-order valence-corrected chi connectivity index (χ4v) is 3.11. The lowest BCUT2D eigenvalue weighted by molar-refractivity contribution is 0.0696. The number of hydrogen-bond donors (Lipinski definition) is 2. The molecular formula is C20H21NO6. The predicted octanol–water partition coefficient (Wildman–Crippen LogP) is 3.16. The average Bonchev–Trinajstić information content (AvgIpc) is 3.22. The highest BCUT2D eigenvalue weighted by atomic mass is 16.5. The summed E-state index contributed by atoms with van der Waals surface area (Å²) in [6.07, 6.45) is 0.927. The van der Waals surface area contributed by atoms with Crippen molar-refractivity contribution in [2.45, 2.75) is 12.3 Å². The van der Waals surface area contributed by atoms with E-state index in [1.54, 1.807) is 6.07 Å². The van der Waals surface area contributed by atoms with Gasteiger partial charge in [-0.1, -0.05) is 12.1 Å². The molecule has 0 radical (unpaired) electrons. The molecule has 7 nitrogen and oxygen atoms in total. The molecule has 2 N–H and O–H groups in total. The summed E-state index contributed by atoms with van der Waals surface area (Å²) < 4.78 is 15.9. The van der Waals surface area contributed by atoms with Gasteiger partial charge in [0.25, 0.3) is 5.91 Å². The first kappa shape index (κ1) is 18.7. The topological polar surface area (TPSA) is 94.1 Å². The second-order valence-corrected chi connectivity index (χ2v) is 6.20. The molecule has 3 rings (SSSR count). The minimum Gasteiger partial charge on any atom is -0.493 e. The van der Waals surface area contributed by atoms with Crippen LogP contribution in [0.3, 0.4) is 0 Å². The SMILES string of the molecule is COc1cc(C(=O)O)cc(NC(=O)c2cccc(C3CCOC3)c2)c1OC. The van der Waals surface area contributed by atoms with Crippen LogP contribution in [0.2, 0.25) is 0 Å². The fourth-order valence-electron chi connectivity index (χ4n) is 3.11. The summed E-state index contributed by atoms with van der Waals surface area (Å²) in [6, 6.07) is 10.0. The first-order valence-corrected chi connectivity index (χ1v) is 8.52. The molecule has 1 saturated heterocycles. The van der Waals surface area contributed by atoms with Crippen LogP contribution < -0.4 is 14.8 Å². The third-order valence-corrected chi connectivity index (χ3v) is 4.52. The van der Waals surface area contributed by atoms with E-state index in [1.165, 1.54) is 26.4 Å². The van der Waals surface area contributed by atoms with E-state index < -0.39 is 5.97 Å². The summed E-state index contributed by atoms with van der Waals surface area (Å²) in [7, 11) is 2.83. The molecule has 0 aromatic heterocycles. The van der Waals surface area contributed by atoms with Crippen LogP contribution in [0.4, 0.5) is 5.69 Å². The Hall–Kier alpha value is -3.06. The maximum Gasteiger partial charge on any atom is 0.335 e. The molecule has 1 amide bonds. The Balaban J connectivity index is 1.90. The maximum atomic E-state index is 12.7. The number of carboxylic acids is 1. The van der Waals surface area contributed by atoms with Gasteiger partial charge in [-0.05, 0) is 36.2 Å². The summed E-state index contributed by atoms with van der Waals surface area (Å²) >= 11 is 0. The number of nitrogens with one attached hydrogen (secondary N) is 1. The van der Waals surface area contributed by atoms with Gasteiger partial charge in [0, 0.05) is 18.1 Å². The van der Waals surface area contributed by atoms with Crippen LogP contribution in [0.15, 0.2) is 36.4 Å². The minimum absolute atomic E-state index is 0.0141. The van der Waals surface area contributed by atoms with Gasteiger partial charge in [-0.2, -0.15) is 0 Å². The van der Waals surface area contributed by atoms with E-state index in [0.717, 1.165) is 18.6 Å². The van der Waals surface area contributed by atoms with E-state index in [9.17, 15) is 14.7 Å². The maximum absolute atomic E-state index is 12.7. The number of anilines is 1. The van der Waals surface area contributed by atoms with Crippen LogP contribution in [0.1, 0.15) is 38.6 Å². The molecule has 0 bridgehead atoms. The van der Waals surface area contributed by atoms with Crippen LogP contribution in [0.5, 0.6) is 11.5 Å². The van der Waals surface area contributed by atoms with Crippen LogP contribution in [0, 0.1) is 0 Å². The van der Waals surface area contributed by atoms with Gasteiger partial charge in [0.15, 0.2) is 11.5 Å². The smallest absolute Gasteiger partial charge is 0.335 e. The average molecular weight is 371 g/mol.